The molecule has 3 nitrogen and oxygen atoms in total. The van der Waals surface area contributed by atoms with Crippen LogP contribution in [0.4, 0.5) is 0 Å². The number of benzene rings is 1. The Bertz CT molecular complexity index is 530. The SMILES string of the molecule is CNC1Cc2c[nH]c3ccc(OC)c(c23)C1. The first-order valence-corrected chi connectivity index (χ1v) is 5.66. The highest BCUT2D eigenvalue weighted by molar-refractivity contribution is 5.89. The number of aromatic nitrogens is 1. The molecule has 0 saturated heterocycles. The second-order valence-corrected chi connectivity index (χ2v) is 4.38. The predicted octanol–water partition coefficient (Wildman–Crippen LogP) is 1.86. The molecule has 2 N–H and O–H groups in total. The van der Waals surface area contributed by atoms with Gasteiger partial charge in [-0.15, -0.1) is 0 Å². The van der Waals surface area contributed by atoms with Gasteiger partial charge in [-0.3, -0.25) is 0 Å². The molecule has 1 aromatic carbocycles. The van der Waals surface area contributed by atoms with Crippen LogP contribution in [0.3, 0.4) is 0 Å². The first-order chi connectivity index (χ1) is 7.83. The number of nitrogens with one attached hydrogen (secondary N) is 2. The van der Waals surface area contributed by atoms with Crippen molar-refractivity contribution in [3.63, 3.8) is 0 Å². The van der Waals surface area contributed by atoms with Crippen LogP contribution in [0.15, 0.2) is 18.3 Å². The van der Waals surface area contributed by atoms with Gasteiger partial charge in [0.1, 0.15) is 5.75 Å². The Labute approximate surface area is 94.8 Å². The minimum atomic E-state index is 0.516. The Morgan fingerprint density at radius 2 is 2.25 bits per heavy atom. The van der Waals surface area contributed by atoms with E-state index in [9.17, 15) is 0 Å². The van der Waals surface area contributed by atoms with Crippen LogP contribution in [0.25, 0.3) is 10.9 Å². The lowest BCUT2D eigenvalue weighted by Gasteiger charge is -2.23. The fourth-order valence-electron chi connectivity index (χ4n) is 2.70. The van der Waals surface area contributed by atoms with E-state index >= 15 is 0 Å². The fraction of sp³-hybridized carbons (Fsp3) is 0.385. The van der Waals surface area contributed by atoms with Crippen molar-refractivity contribution in [2.75, 3.05) is 14.2 Å². The van der Waals surface area contributed by atoms with Gasteiger partial charge in [-0.1, -0.05) is 0 Å². The minimum Gasteiger partial charge on any atom is -0.496 e. The molecule has 0 bridgehead atoms. The van der Waals surface area contributed by atoms with E-state index < -0.39 is 0 Å². The van der Waals surface area contributed by atoms with Gasteiger partial charge in [-0.05, 0) is 37.6 Å². The lowest BCUT2D eigenvalue weighted by atomic mass is 9.89. The Hall–Kier alpha value is -1.48. The first kappa shape index (κ1) is 9.73. The van der Waals surface area contributed by atoms with Crippen molar-refractivity contribution < 1.29 is 4.74 Å². The largest absolute Gasteiger partial charge is 0.496 e. The Kier molecular flexibility index (Phi) is 2.14. The molecule has 0 amide bonds. The molecule has 1 unspecified atom stereocenters. The molecule has 3 heteroatoms. The molecular weight excluding hydrogens is 200 g/mol. The molecule has 1 heterocycles. The van der Waals surface area contributed by atoms with Crippen LogP contribution in [0.1, 0.15) is 11.1 Å². The number of hydrogen-bond donors (Lipinski definition) is 2. The Morgan fingerprint density at radius 1 is 1.38 bits per heavy atom. The van der Waals surface area contributed by atoms with Crippen molar-refractivity contribution >= 4 is 10.9 Å². The highest BCUT2D eigenvalue weighted by atomic mass is 16.5. The van der Waals surface area contributed by atoms with Gasteiger partial charge >= 0.3 is 0 Å². The van der Waals surface area contributed by atoms with Gasteiger partial charge in [-0.2, -0.15) is 0 Å². The molecular formula is C13H16N2O. The van der Waals surface area contributed by atoms with Crippen molar-refractivity contribution in [3.8, 4) is 5.75 Å². The minimum absolute atomic E-state index is 0.516. The van der Waals surface area contributed by atoms with E-state index in [1.54, 1.807) is 7.11 Å². The van der Waals surface area contributed by atoms with Crippen LogP contribution >= 0.6 is 0 Å². The van der Waals surface area contributed by atoms with Crippen LogP contribution in [-0.2, 0) is 12.8 Å². The standard InChI is InChI=1S/C13H16N2O/c1-14-9-5-8-7-15-11-3-4-12(16-2)10(6-9)13(8)11/h3-4,7,9,14-15H,5-6H2,1-2H3. The van der Waals surface area contributed by atoms with Gasteiger partial charge in [0.25, 0.3) is 0 Å². The average Bonchev–Trinajstić information content (AvgIpc) is 2.74. The zero-order valence-corrected chi connectivity index (χ0v) is 9.63. The van der Waals surface area contributed by atoms with Crippen molar-refractivity contribution in [3.05, 3.63) is 29.5 Å². The van der Waals surface area contributed by atoms with Crippen LogP contribution in [-0.4, -0.2) is 25.2 Å². The number of ether oxygens (including phenoxy) is 1. The van der Waals surface area contributed by atoms with E-state index in [4.69, 9.17) is 4.74 Å². The molecule has 3 rings (SSSR count). The highest BCUT2D eigenvalue weighted by Gasteiger charge is 2.23. The summed E-state index contributed by atoms with van der Waals surface area (Å²) in [5.41, 5.74) is 3.96. The van der Waals surface area contributed by atoms with Crippen LogP contribution in [0.2, 0.25) is 0 Å². The van der Waals surface area contributed by atoms with E-state index in [-0.39, 0.29) is 0 Å². The number of aromatic amines is 1. The molecule has 0 saturated carbocycles. The van der Waals surface area contributed by atoms with Gasteiger partial charge in [0, 0.05) is 28.7 Å². The maximum Gasteiger partial charge on any atom is 0.122 e. The topological polar surface area (TPSA) is 37.0 Å². The maximum absolute atomic E-state index is 5.45. The first-order valence-electron chi connectivity index (χ1n) is 5.66. The quantitative estimate of drug-likeness (QED) is 0.804. The monoisotopic (exact) mass is 216 g/mol. The van der Waals surface area contributed by atoms with Crippen LogP contribution in [0, 0.1) is 0 Å². The van der Waals surface area contributed by atoms with Crippen molar-refractivity contribution in [2.45, 2.75) is 18.9 Å². The maximum atomic E-state index is 5.45. The van der Waals surface area contributed by atoms with Crippen molar-refractivity contribution in [1.29, 1.82) is 0 Å². The molecule has 1 aliphatic rings. The summed E-state index contributed by atoms with van der Waals surface area (Å²) in [5, 5.41) is 4.73. The summed E-state index contributed by atoms with van der Waals surface area (Å²) in [6.07, 6.45) is 4.26. The van der Waals surface area contributed by atoms with Crippen molar-refractivity contribution in [1.82, 2.24) is 10.3 Å². The molecule has 2 aromatic rings. The summed E-state index contributed by atoms with van der Waals surface area (Å²) in [6.45, 7) is 0. The van der Waals surface area contributed by atoms with E-state index in [2.05, 4.69) is 28.6 Å². The number of hydrogen-bond acceptors (Lipinski definition) is 2. The Morgan fingerprint density at radius 3 is 3.00 bits per heavy atom. The van der Waals surface area contributed by atoms with Gasteiger partial charge in [0.2, 0.25) is 0 Å². The second kappa shape index (κ2) is 3.52. The molecule has 0 fully saturated rings. The summed E-state index contributed by atoms with van der Waals surface area (Å²) in [6, 6.07) is 4.67. The zero-order valence-electron chi connectivity index (χ0n) is 9.63. The smallest absolute Gasteiger partial charge is 0.122 e. The molecule has 1 aliphatic carbocycles. The zero-order chi connectivity index (χ0) is 11.1. The van der Waals surface area contributed by atoms with Crippen LogP contribution < -0.4 is 10.1 Å². The lowest BCUT2D eigenvalue weighted by Crippen LogP contribution is -2.32. The van der Waals surface area contributed by atoms with Gasteiger partial charge in [0.15, 0.2) is 0 Å². The molecule has 1 atom stereocenters. The van der Waals surface area contributed by atoms with E-state index in [1.165, 1.54) is 22.0 Å². The highest BCUT2D eigenvalue weighted by Crippen LogP contribution is 2.35. The van der Waals surface area contributed by atoms with E-state index in [0.717, 1.165) is 18.6 Å². The average molecular weight is 216 g/mol. The summed E-state index contributed by atoms with van der Waals surface area (Å²) in [7, 11) is 3.77. The Balaban J connectivity index is 2.25. The number of methoxy groups -OCH3 is 1. The number of likely N-dealkylation sites (N-methyl/N-ethyl adjacent to an activating group) is 1. The van der Waals surface area contributed by atoms with E-state index in [0.29, 0.717) is 6.04 Å². The predicted molar refractivity (Wildman–Crippen MR) is 65.1 cm³/mol. The second-order valence-electron chi connectivity index (χ2n) is 4.38. The van der Waals surface area contributed by atoms with Crippen LogP contribution in [0.5, 0.6) is 5.75 Å². The molecule has 0 radical (unpaired) electrons. The molecule has 0 aliphatic heterocycles. The third-order valence-corrected chi connectivity index (χ3v) is 3.54. The molecule has 84 valence electrons. The number of rotatable bonds is 2. The van der Waals surface area contributed by atoms with E-state index in [1.807, 2.05) is 7.05 Å². The fourth-order valence-corrected chi connectivity index (χ4v) is 2.70. The van der Waals surface area contributed by atoms with Gasteiger partial charge < -0.3 is 15.0 Å². The summed E-state index contributed by atoms with van der Waals surface area (Å²) in [5.74, 6) is 1.01. The third-order valence-electron chi connectivity index (χ3n) is 3.54. The summed E-state index contributed by atoms with van der Waals surface area (Å²) < 4.78 is 5.45. The molecule has 0 spiro atoms. The summed E-state index contributed by atoms with van der Waals surface area (Å²) >= 11 is 0. The van der Waals surface area contributed by atoms with Gasteiger partial charge in [-0.25, -0.2) is 0 Å². The van der Waals surface area contributed by atoms with Crippen molar-refractivity contribution in [2.24, 2.45) is 0 Å². The molecule has 1 aromatic heterocycles. The molecule has 16 heavy (non-hydrogen) atoms. The normalized spacial score (nSPS) is 19.0. The van der Waals surface area contributed by atoms with Gasteiger partial charge in [0.05, 0.1) is 7.11 Å². The number of H-pyrrole nitrogens is 1. The lowest BCUT2D eigenvalue weighted by molar-refractivity contribution is 0.406. The summed E-state index contributed by atoms with van der Waals surface area (Å²) in [4.78, 5) is 3.33. The third kappa shape index (κ3) is 1.25.